The second kappa shape index (κ2) is 5.46. The highest BCUT2D eigenvalue weighted by molar-refractivity contribution is 5.85. The van der Waals surface area contributed by atoms with Crippen molar-refractivity contribution in [2.24, 2.45) is 5.92 Å². The molecule has 2 heterocycles. The van der Waals surface area contributed by atoms with Crippen LogP contribution in [0.5, 0.6) is 0 Å². The molecule has 6 heteroatoms. The van der Waals surface area contributed by atoms with Gasteiger partial charge in [-0.1, -0.05) is 0 Å². The Kier molecular flexibility index (Phi) is 3.96. The first-order valence-electron chi connectivity index (χ1n) is 5.89. The van der Waals surface area contributed by atoms with Crippen LogP contribution in [0.2, 0.25) is 0 Å². The van der Waals surface area contributed by atoms with Crippen molar-refractivity contribution < 1.29 is 24.2 Å². The molecular formula is C11H17NO5. The average molecular weight is 243 g/mol. The van der Waals surface area contributed by atoms with Crippen LogP contribution >= 0.6 is 0 Å². The zero-order chi connectivity index (χ0) is 12.3. The number of nitrogens with zero attached hydrogens (tertiary/aromatic N) is 1. The second-order valence-electron chi connectivity index (χ2n) is 4.37. The Morgan fingerprint density at radius 2 is 1.94 bits per heavy atom. The first kappa shape index (κ1) is 12.3. The molecule has 2 atom stereocenters. The van der Waals surface area contributed by atoms with Crippen molar-refractivity contribution in [1.29, 1.82) is 0 Å². The first-order valence-corrected chi connectivity index (χ1v) is 5.89. The molecule has 1 N–H and O–H groups in total. The molecule has 2 aliphatic rings. The van der Waals surface area contributed by atoms with Gasteiger partial charge in [0, 0.05) is 13.2 Å². The number of morpholine rings is 1. The third kappa shape index (κ3) is 2.76. The van der Waals surface area contributed by atoms with E-state index >= 15 is 0 Å². The molecule has 2 saturated heterocycles. The standard InChI is InChI=1S/C11H17NO5/c13-10(8-2-1-4-16-6-8)12-3-5-17-7-9(12)11(14)15/h8-9H,1-7H2,(H,14,15)/t8-,9+/m0/s1. The monoisotopic (exact) mass is 243 g/mol. The topological polar surface area (TPSA) is 76.1 Å². The third-order valence-corrected chi connectivity index (χ3v) is 3.21. The molecule has 17 heavy (non-hydrogen) atoms. The maximum absolute atomic E-state index is 12.2. The van der Waals surface area contributed by atoms with Gasteiger partial charge in [0.15, 0.2) is 6.04 Å². The van der Waals surface area contributed by atoms with Crippen LogP contribution in [0.15, 0.2) is 0 Å². The number of carboxylic acid groups (broad SMARTS) is 1. The van der Waals surface area contributed by atoms with Gasteiger partial charge in [-0.05, 0) is 12.8 Å². The Balaban J connectivity index is 2.02. The number of carbonyl (C=O) groups is 2. The maximum Gasteiger partial charge on any atom is 0.328 e. The lowest BCUT2D eigenvalue weighted by atomic mass is 9.99. The molecule has 0 aliphatic carbocycles. The molecule has 0 spiro atoms. The summed E-state index contributed by atoms with van der Waals surface area (Å²) in [6.45, 7) is 1.93. The smallest absolute Gasteiger partial charge is 0.328 e. The van der Waals surface area contributed by atoms with Crippen LogP contribution in [0, 0.1) is 5.92 Å². The van der Waals surface area contributed by atoms with Crippen molar-refractivity contribution in [3.8, 4) is 0 Å². The quantitative estimate of drug-likeness (QED) is 0.722. The molecule has 0 bridgehead atoms. The van der Waals surface area contributed by atoms with E-state index in [1.165, 1.54) is 4.90 Å². The van der Waals surface area contributed by atoms with Gasteiger partial charge in [0.1, 0.15) is 0 Å². The SMILES string of the molecule is O=C(O)[C@H]1COCCN1C(=O)[C@H]1CCCOC1. The molecular weight excluding hydrogens is 226 g/mol. The van der Waals surface area contributed by atoms with Gasteiger partial charge in [-0.2, -0.15) is 0 Å². The molecule has 0 radical (unpaired) electrons. The van der Waals surface area contributed by atoms with E-state index in [2.05, 4.69) is 0 Å². The Hall–Kier alpha value is -1.14. The summed E-state index contributed by atoms with van der Waals surface area (Å²) < 4.78 is 10.4. The van der Waals surface area contributed by atoms with Crippen molar-refractivity contribution in [3.63, 3.8) is 0 Å². The number of amides is 1. The van der Waals surface area contributed by atoms with Gasteiger partial charge < -0.3 is 19.5 Å². The summed E-state index contributed by atoms with van der Waals surface area (Å²) in [5.74, 6) is -1.31. The third-order valence-electron chi connectivity index (χ3n) is 3.21. The molecule has 6 nitrogen and oxygen atoms in total. The van der Waals surface area contributed by atoms with E-state index in [9.17, 15) is 9.59 Å². The van der Waals surface area contributed by atoms with E-state index in [-0.39, 0.29) is 18.4 Å². The van der Waals surface area contributed by atoms with Gasteiger partial charge in [0.25, 0.3) is 0 Å². The molecule has 0 aromatic rings. The normalized spacial score (nSPS) is 30.0. The Morgan fingerprint density at radius 1 is 1.18 bits per heavy atom. The summed E-state index contributed by atoms with van der Waals surface area (Å²) in [5, 5.41) is 9.05. The molecule has 2 aliphatic heterocycles. The van der Waals surface area contributed by atoms with Crippen LogP contribution in [0.4, 0.5) is 0 Å². The lowest BCUT2D eigenvalue weighted by Crippen LogP contribution is -2.55. The minimum atomic E-state index is -1.00. The van der Waals surface area contributed by atoms with Crippen LogP contribution in [0.3, 0.4) is 0 Å². The van der Waals surface area contributed by atoms with Gasteiger partial charge in [-0.25, -0.2) is 4.79 Å². The first-order chi connectivity index (χ1) is 8.20. The van der Waals surface area contributed by atoms with Crippen LogP contribution in [-0.2, 0) is 19.1 Å². The minimum absolute atomic E-state index is 0.0780. The highest BCUT2D eigenvalue weighted by atomic mass is 16.5. The average Bonchev–Trinajstić information content (AvgIpc) is 2.39. The number of hydrogen-bond acceptors (Lipinski definition) is 4. The number of hydrogen-bond donors (Lipinski definition) is 1. The van der Waals surface area contributed by atoms with Gasteiger partial charge >= 0.3 is 5.97 Å². The summed E-state index contributed by atoms with van der Waals surface area (Å²) in [4.78, 5) is 24.7. The molecule has 2 rings (SSSR count). The Labute approximate surface area is 99.5 Å². The Morgan fingerprint density at radius 3 is 2.59 bits per heavy atom. The van der Waals surface area contributed by atoms with Crippen LogP contribution in [0.1, 0.15) is 12.8 Å². The highest BCUT2D eigenvalue weighted by Crippen LogP contribution is 2.19. The van der Waals surface area contributed by atoms with Gasteiger partial charge in [-0.15, -0.1) is 0 Å². The zero-order valence-electron chi connectivity index (χ0n) is 9.63. The molecule has 1 amide bonds. The fourth-order valence-electron chi connectivity index (χ4n) is 2.24. The van der Waals surface area contributed by atoms with E-state index in [1.54, 1.807) is 0 Å². The fourth-order valence-corrected chi connectivity index (χ4v) is 2.24. The van der Waals surface area contributed by atoms with E-state index in [0.717, 1.165) is 12.8 Å². The van der Waals surface area contributed by atoms with E-state index in [4.69, 9.17) is 14.6 Å². The van der Waals surface area contributed by atoms with E-state index in [1.807, 2.05) is 0 Å². The predicted molar refractivity (Wildman–Crippen MR) is 57.5 cm³/mol. The maximum atomic E-state index is 12.2. The van der Waals surface area contributed by atoms with Crippen LogP contribution in [0.25, 0.3) is 0 Å². The number of carbonyl (C=O) groups excluding carboxylic acids is 1. The van der Waals surface area contributed by atoms with Crippen molar-refractivity contribution >= 4 is 11.9 Å². The molecule has 0 unspecified atom stereocenters. The van der Waals surface area contributed by atoms with Crippen LogP contribution in [-0.4, -0.2) is 60.9 Å². The summed E-state index contributed by atoms with van der Waals surface area (Å²) in [6, 6.07) is -0.849. The second-order valence-corrected chi connectivity index (χ2v) is 4.37. The van der Waals surface area contributed by atoms with Crippen LogP contribution < -0.4 is 0 Å². The largest absolute Gasteiger partial charge is 0.480 e. The molecule has 0 aromatic carbocycles. The van der Waals surface area contributed by atoms with Crippen molar-refractivity contribution in [3.05, 3.63) is 0 Å². The summed E-state index contributed by atoms with van der Waals surface area (Å²) in [7, 11) is 0. The zero-order valence-corrected chi connectivity index (χ0v) is 9.63. The number of rotatable bonds is 2. The minimum Gasteiger partial charge on any atom is -0.480 e. The van der Waals surface area contributed by atoms with E-state index < -0.39 is 12.0 Å². The fraction of sp³-hybridized carbons (Fsp3) is 0.818. The van der Waals surface area contributed by atoms with Gasteiger partial charge in [0.05, 0.1) is 25.7 Å². The number of aliphatic carboxylic acids is 1. The molecule has 0 aromatic heterocycles. The lowest BCUT2D eigenvalue weighted by Gasteiger charge is -2.36. The molecule has 96 valence electrons. The van der Waals surface area contributed by atoms with Crippen molar-refractivity contribution in [2.75, 3.05) is 33.0 Å². The summed E-state index contributed by atoms with van der Waals surface area (Å²) in [6.07, 6.45) is 1.64. The predicted octanol–water partition coefficient (Wildman–Crippen LogP) is -0.275. The summed E-state index contributed by atoms with van der Waals surface area (Å²) in [5.41, 5.74) is 0. The number of ether oxygens (including phenoxy) is 2. The molecule has 0 saturated carbocycles. The van der Waals surface area contributed by atoms with Crippen molar-refractivity contribution in [2.45, 2.75) is 18.9 Å². The van der Waals surface area contributed by atoms with Gasteiger partial charge in [-0.3, -0.25) is 4.79 Å². The van der Waals surface area contributed by atoms with E-state index in [0.29, 0.717) is 26.4 Å². The molecule has 2 fully saturated rings. The number of carboxylic acids is 1. The Bertz CT molecular complexity index is 300. The highest BCUT2D eigenvalue weighted by Gasteiger charge is 2.36. The lowest BCUT2D eigenvalue weighted by molar-refractivity contribution is -0.162. The van der Waals surface area contributed by atoms with Crippen molar-refractivity contribution in [1.82, 2.24) is 4.90 Å². The van der Waals surface area contributed by atoms with Gasteiger partial charge in [0.2, 0.25) is 5.91 Å². The summed E-state index contributed by atoms with van der Waals surface area (Å²) >= 11 is 0.